The third-order valence-corrected chi connectivity index (χ3v) is 3.03. The van der Waals surface area contributed by atoms with Crippen LogP contribution in [0.4, 0.5) is 5.69 Å². The zero-order valence-corrected chi connectivity index (χ0v) is 12.6. The number of hydrogen-bond donors (Lipinski definition) is 0. The van der Waals surface area contributed by atoms with Gasteiger partial charge in [-0.1, -0.05) is 12.1 Å². The fourth-order valence-corrected chi connectivity index (χ4v) is 1.91. The summed E-state index contributed by atoms with van der Waals surface area (Å²) in [7, 11) is 1.41. The van der Waals surface area contributed by atoms with Crippen LogP contribution in [0.15, 0.2) is 48.5 Å². The number of nitro groups is 1. The highest BCUT2D eigenvalue weighted by Crippen LogP contribution is 2.29. The van der Waals surface area contributed by atoms with Gasteiger partial charge in [0.05, 0.1) is 23.7 Å². The molecule has 0 saturated heterocycles. The minimum Gasteiger partial charge on any atom is -0.493 e. The topological polar surface area (TPSA) is 102 Å². The molecule has 0 radical (unpaired) electrons. The van der Waals surface area contributed by atoms with Gasteiger partial charge in [0.2, 0.25) is 0 Å². The van der Waals surface area contributed by atoms with Crippen molar-refractivity contribution < 1.29 is 19.2 Å². The van der Waals surface area contributed by atoms with Crippen molar-refractivity contribution in [3.05, 3.63) is 69.8 Å². The van der Waals surface area contributed by atoms with Crippen molar-refractivity contribution in [3.63, 3.8) is 0 Å². The van der Waals surface area contributed by atoms with E-state index in [4.69, 9.17) is 14.7 Å². The van der Waals surface area contributed by atoms with Gasteiger partial charge in [-0.25, -0.2) is 4.79 Å². The fraction of sp³-hybridized carbons (Fsp3) is 0.0588. The molecule has 7 heteroatoms. The van der Waals surface area contributed by atoms with Crippen LogP contribution < -0.4 is 9.47 Å². The highest BCUT2D eigenvalue weighted by molar-refractivity contribution is 5.92. The molecule has 0 aromatic heterocycles. The van der Waals surface area contributed by atoms with Crippen molar-refractivity contribution in [1.82, 2.24) is 0 Å². The summed E-state index contributed by atoms with van der Waals surface area (Å²) in [6.07, 6.45) is 2.89. The summed E-state index contributed by atoms with van der Waals surface area (Å²) in [5.41, 5.74) is 0.552. The van der Waals surface area contributed by atoms with E-state index in [2.05, 4.69) is 0 Å². The smallest absolute Gasteiger partial charge is 0.343 e. The summed E-state index contributed by atoms with van der Waals surface area (Å²) in [5.74, 6) is -0.269. The monoisotopic (exact) mass is 324 g/mol. The number of hydrogen-bond acceptors (Lipinski definition) is 6. The number of carbonyl (C=O) groups excluding carboxylic acids is 1. The van der Waals surface area contributed by atoms with E-state index in [9.17, 15) is 14.9 Å². The summed E-state index contributed by atoms with van der Waals surface area (Å²) in [5, 5.41) is 19.3. The molecule has 2 rings (SSSR count). The van der Waals surface area contributed by atoms with Gasteiger partial charge in [-0.15, -0.1) is 0 Å². The number of ether oxygens (including phenoxy) is 2. The number of methoxy groups -OCH3 is 1. The van der Waals surface area contributed by atoms with Crippen molar-refractivity contribution >= 4 is 17.7 Å². The quantitative estimate of drug-likeness (QED) is 0.275. The lowest BCUT2D eigenvalue weighted by Crippen LogP contribution is -2.09. The number of nitro benzene ring substituents is 1. The van der Waals surface area contributed by atoms with Crippen molar-refractivity contribution in [1.29, 1.82) is 5.26 Å². The second kappa shape index (κ2) is 7.56. The number of nitriles is 1. The first-order valence-electron chi connectivity index (χ1n) is 6.76. The molecule has 0 amide bonds. The predicted octanol–water partition coefficient (Wildman–Crippen LogP) is 3.36. The van der Waals surface area contributed by atoms with Gasteiger partial charge in [0.1, 0.15) is 0 Å². The van der Waals surface area contributed by atoms with Crippen LogP contribution in [-0.2, 0) is 0 Å². The van der Waals surface area contributed by atoms with Crippen LogP contribution in [0.25, 0.3) is 6.08 Å². The Balaban J connectivity index is 2.25. The van der Waals surface area contributed by atoms with E-state index in [1.807, 2.05) is 6.07 Å². The van der Waals surface area contributed by atoms with Crippen molar-refractivity contribution in [2.45, 2.75) is 0 Å². The van der Waals surface area contributed by atoms with E-state index in [-0.39, 0.29) is 17.0 Å². The minimum absolute atomic E-state index is 0.0553. The summed E-state index contributed by atoms with van der Waals surface area (Å²) in [4.78, 5) is 22.3. The van der Waals surface area contributed by atoms with Crippen LogP contribution in [0, 0.1) is 21.4 Å². The van der Waals surface area contributed by atoms with Crippen LogP contribution >= 0.6 is 0 Å². The maximum atomic E-state index is 12.2. The zero-order valence-electron chi connectivity index (χ0n) is 12.6. The Morgan fingerprint density at radius 3 is 2.71 bits per heavy atom. The van der Waals surface area contributed by atoms with E-state index in [1.54, 1.807) is 18.2 Å². The molecule has 120 valence electrons. The molecule has 2 aromatic carbocycles. The van der Waals surface area contributed by atoms with E-state index in [1.165, 1.54) is 37.5 Å². The molecule has 0 atom stereocenters. The lowest BCUT2D eigenvalue weighted by Gasteiger charge is -2.10. The average molecular weight is 324 g/mol. The molecule has 0 unspecified atom stereocenters. The molecule has 0 heterocycles. The average Bonchev–Trinajstić information content (AvgIpc) is 2.60. The van der Waals surface area contributed by atoms with Crippen LogP contribution in [0.3, 0.4) is 0 Å². The van der Waals surface area contributed by atoms with Crippen molar-refractivity contribution in [3.8, 4) is 17.6 Å². The van der Waals surface area contributed by atoms with Gasteiger partial charge in [-0.3, -0.25) is 10.1 Å². The Kier molecular flexibility index (Phi) is 5.26. The molecular weight excluding hydrogens is 312 g/mol. The zero-order chi connectivity index (χ0) is 17.5. The summed E-state index contributed by atoms with van der Waals surface area (Å²) >= 11 is 0. The number of rotatable bonds is 5. The van der Waals surface area contributed by atoms with Gasteiger partial charge < -0.3 is 9.47 Å². The van der Waals surface area contributed by atoms with Crippen molar-refractivity contribution in [2.75, 3.05) is 7.11 Å². The van der Waals surface area contributed by atoms with Crippen molar-refractivity contribution in [2.24, 2.45) is 0 Å². The molecule has 0 bridgehead atoms. The Labute approximate surface area is 137 Å². The molecule has 0 aliphatic carbocycles. The first kappa shape index (κ1) is 16.7. The molecule has 0 N–H and O–H groups in total. The number of esters is 1. The van der Waals surface area contributed by atoms with Gasteiger partial charge in [-0.2, -0.15) is 5.26 Å². The van der Waals surface area contributed by atoms with Crippen LogP contribution in [0.2, 0.25) is 0 Å². The second-order valence-corrected chi connectivity index (χ2v) is 4.57. The molecule has 0 spiro atoms. The number of allylic oxidation sites excluding steroid dienone is 1. The Hall–Kier alpha value is -3.66. The Morgan fingerprint density at radius 2 is 2.04 bits per heavy atom. The number of benzene rings is 2. The first-order chi connectivity index (χ1) is 11.5. The number of carbonyl (C=O) groups is 1. The molecule has 24 heavy (non-hydrogen) atoms. The molecule has 0 aliphatic heterocycles. The third kappa shape index (κ3) is 3.96. The second-order valence-electron chi connectivity index (χ2n) is 4.57. The van der Waals surface area contributed by atoms with E-state index < -0.39 is 10.9 Å². The molecule has 2 aromatic rings. The van der Waals surface area contributed by atoms with Crippen LogP contribution in [0.1, 0.15) is 15.9 Å². The largest absolute Gasteiger partial charge is 0.493 e. The maximum absolute atomic E-state index is 12.2. The van der Waals surface area contributed by atoms with E-state index in [0.717, 1.165) is 6.07 Å². The Bertz CT molecular complexity index is 852. The minimum atomic E-state index is -0.739. The third-order valence-electron chi connectivity index (χ3n) is 3.03. The van der Waals surface area contributed by atoms with Crippen LogP contribution in [0.5, 0.6) is 11.5 Å². The predicted molar refractivity (Wildman–Crippen MR) is 85.7 cm³/mol. The van der Waals surface area contributed by atoms with Gasteiger partial charge >= 0.3 is 5.97 Å². The number of nitrogens with zero attached hydrogens (tertiary/aromatic N) is 2. The molecule has 7 nitrogen and oxygen atoms in total. The Morgan fingerprint density at radius 1 is 1.25 bits per heavy atom. The summed E-state index contributed by atoms with van der Waals surface area (Å²) in [6, 6.07) is 11.9. The molecule has 0 fully saturated rings. The van der Waals surface area contributed by atoms with Gasteiger partial charge in [0, 0.05) is 18.2 Å². The lowest BCUT2D eigenvalue weighted by molar-refractivity contribution is -0.384. The normalized spacial score (nSPS) is 10.2. The fourth-order valence-electron chi connectivity index (χ4n) is 1.91. The standard InChI is InChI=1S/C17H12N2O5/c1-23-16-10-12(4-3-9-18)7-8-15(16)24-17(20)13-5-2-6-14(11-13)19(21)22/h2-8,10-11H,1H3/b4-3-. The van der Waals surface area contributed by atoms with Crippen LogP contribution in [-0.4, -0.2) is 18.0 Å². The van der Waals surface area contributed by atoms with Gasteiger partial charge in [-0.05, 0) is 29.8 Å². The first-order valence-corrected chi connectivity index (χ1v) is 6.76. The van der Waals surface area contributed by atoms with E-state index in [0.29, 0.717) is 11.3 Å². The molecule has 0 saturated carbocycles. The van der Waals surface area contributed by atoms with Gasteiger partial charge in [0.25, 0.3) is 5.69 Å². The molecular formula is C17H12N2O5. The van der Waals surface area contributed by atoms with E-state index >= 15 is 0 Å². The summed E-state index contributed by atoms with van der Waals surface area (Å²) in [6.45, 7) is 0. The molecule has 0 aliphatic rings. The number of non-ortho nitro benzene ring substituents is 1. The highest BCUT2D eigenvalue weighted by atomic mass is 16.6. The summed E-state index contributed by atoms with van der Waals surface area (Å²) < 4.78 is 10.4. The van der Waals surface area contributed by atoms with Gasteiger partial charge in [0.15, 0.2) is 11.5 Å². The SMILES string of the molecule is COc1cc(/C=C\C#N)ccc1OC(=O)c1cccc([N+](=O)[O-])c1. The lowest BCUT2D eigenvalue weighted by atomic mass is 10.2. The highest BCUT2D eigenvalue weighted by Gasteiger charge is 2.15. The maximum Gasteiger partial charge on any atom is 0.343 e.